The minimum atomic E-state index is -1.49. The first-order valence-electron chi connectivity index (χ1n) is 6.96. The lowest BCUT2D eigenvalue weighted by Crippen LogP contribution is -2.53. The molecule has 0 spiro atoms. The highest BCUT2D eigenvalue weighted by atomic mass is 16.6. The van der Waals surface area contributed by atoms with Crippen LogP contribution in [0.5, 0.6) is 0 Å². The molecule has 0 aromatic heterocycles. The number of carbonyl (C=O) groups is 2. The smallest absolute Gasteiger partial charge is 0.349 e. The molecule has 2 rings (SSSR count). The lowest BCUT2D eigenvalue weighted by Gasteiger charge is -2.34. The number of carboxylic acids is 1. The molecule has 1 saturated heterocycles. The summed E-state index contributed by atoms with van der Waals surface area (Å²) < 4.78 is 10.5. The molecule has 1 aliphatic rings. The van der Waals surface area contributed by atoms with E-state index in [0.29, 0.717) is 6.61 Å². The molecule has 1 aromatic rings. The molecule has 0 amide bonds. The van der Waals surface area contributed by atoms with Crippen molar-refractivity contribution < 1.29 is 24.2 Å². The number of carboxylic acid groups (broad SMARTS) is 1. The Morgan fingerprint density at radius 1 is 1.41 bits per heavy atom. The minimum absolute atomic E-state index is 0.0355. The summed E-state index contributed by atoms with van der Waals surface area (Å²) in [4.78, 5) is 22.0. The van der Waals surface area contributed by atoms with E-state index in [2.05, 4.69) is 11.8 Å². The van der Waals surface area contributed by atoms with Crippen molar-refractivity contribution in [3.8, 4) is 11.8 Å². The van der Waals surface area contributed by atoms with Crippen LogP contribution in [0.2, 0.25) is 0 Å². The average molecular weight is 302 g/mol. The van der Waals surface area contributed by atoms with Gasteiger partial charge in [-0.15, -0.1) is 0 Å². The second kappa shape index (κ2) is 6.20. The van der Waals surface area contributed by atoms with Crippen LogP contribution < -0.4 is 0 Å². The Balaban J connectivity index is 1.92. The molecule has 1 aromatic carbocycles. The Morgan fingerprint density at radius 2 is 2.05 bits per heavy atom. The molecule has 22 heavy (non-hydrogen) atoms. The van der Waals surface area contributed by atoms with E-state index in [4.69, 9.17) is 14.6 Å². The van der Waals surface area contributed by atoms with Crippen molar-refractivity contribution in [3.63, 3.8) is 0 Å². The van der Waals surface area contributed by atoms with Gasteiger partial charge in [0.15, 0.2) is 0 Å². The van der Waals surface area contributed by atoms with E-state index in [9.17, 15) is 9.59 Å². The molecule has 0 saturated carbocycles. The van der Waals surface area contributed by atoms with Crippen molar-refractivity contribution in [2.45, 2.75) is 44.5 Å². The third-order valence-corrected chi connectivity index (χ3v) is 3.33. The summed E-state index contributed by atoms with van der Waals surface area (Å²) in [6.45, 7) is 4.04. The zero-order chi connectivity index (χ0) is 16.2. The van der Waals surface area contributed by atoms with Gasteiger partial charge in [0.2, 0.25) is 5.60 Å². The molecule has 1 aliphatic heterocycles. The monoisotopic (exact) mass is 302 g/mol. The average Bonchev–Trinajstić information content (AvgIpc) is 2.44. The van der Waals surface area contributed by atoms with Gasteiger partial charge in [0.25, 0.3) is 0 Å². The summed E-state index contributed by atoms with van der Waals surface area (Å²) in [6.07, 6.45) is -0.172. The van der Waals surface area contributed by atoms with Gasteiger partial charge in [0.05, 0.1) is 19.4 Å². The quantitative estimate of drug-likeness (QED) is 0.666. The van der Waals surface area contributed by atoms with Gasteiger partial charge in [-0.1, -0.05) is 42.2 Å². The SMILES string of the molecule is CC(C)(C#CCC1(C(=O)O)CC(=O)O1)OCc1ccccc1. The molecule has 116 valence electrons. The van der Waals surface area contributed by atoms with Gasteiger partial charge in [-0.05, 0) is 19.4 Å². The van der Waals surface area contributed by atoms with Gasteiger partial charge in [0, 0.05) is 0 Å². The fourth-order valence-corrected chi connectivity index (χ4v) is 2.01. The summed E-state index contributed by atoms with van der Waals surface area (Å²) in [7, 11) is 0. The van der Waals surface area contributed by atoms with Crippen LogP contribution in [0.15, 0.2) is 30.3 Å². The number of cyclic esters (lactones) is 1. The number of esters is 1. The Kier molecular flexibility index (Phi) is 4.53. The molecule has 0 bridgehead atoms. The van der Waals surface area contributed by atoms with E-state index in [1.165, 1.54) is 0 Å². The highest BCUT2D eigenvalue weighted by Gasteiger charge is 2.52. The Labute approximate surface area is 129 Å². The maximum atomic E-state index is 11.1. The maximum Gasteiger partial charge on any atom is 0.349 e. The largest absolute Gasteiger partial charge is 0.478 e. The van der Waals surface area contributed by atoms with Crippen LogP contribution in [0.1, 0.15) is 32.3 Å². The molecule has 1 N–H and O–H groups in total. The summed E-state index contributed by atoms with van der Waals surface area (Å²) in [6, 6.07) is 9.70. The summed E-state index contributed by atoms with van der Waals surface area (Å²) in [5.74, 6) is 4.00. The van der Waals surface area contributed by atoms with Gasteiger partial charge >= 0.3 is 11.9 Å². The number of benzene rings is 1. The Bertz CT molecular complexity index is 613. The molecule has 1 unspecified atom stereocenters. The van der Waals surface area contributed by atoms with Crippen molar-refractivity contribution in [2.24, 2.45) is 0 Å². The van der Waals surface area contributed by atoms with Gasteiger partial charge < -0.3 is 14.6 Å². The summed E-state index contributed by atoms with van der Waals surface area (Å²) >= 11 is 0. The molecule has 5 nitrogen and oxygen atoms in total. The number of ether oxygens (including phenoxy) is 2. The van der Waals surface area contributed by atoms with Crippen molar-refractivity contribution in [3.05, 3.63) is 35.9 Å². The predicted molar refractivity (Wildman–Crippen MR) is 78.8 cm³/mol. The normalized spacial score (nSPS) is 20.4. The molecule has 1 heterocycles. The third-order valence-electron chi connectivity index (χ3n) is 3.33. The van der Waals surface area contributed by atoms with E-state index < -0.39 is 23.1 Å². The van der Waals surface area contributed by atoms with Crippen LogP contribution >= 0.6 is 0 Å². The van der Waals surface area contributed by atoms with Gasteiger partial charge in [-0.2, -0.15) is 0 Å². The third kappa shape index (κ3) is 3.86. The van der Waals surface area contributed by atoms with Crippen LogP contribution in [-0.4, -0.2) is 28.2 Å². The molecular formula is C17H18O5. The molecule has 1 fully saturated rings. The molecule has 5 heteroatoms. The Morgan fingerprint density at radius 3 is 2.59 bits per heavy atom. The predicted octanol–water partition coefficient (Wildman–Crippen LogP) is 2.15. The van der Waals surface area contributed by atoms with Crippen LogP contribution in [0.3, 0.4) is 0 Å². The summed E-state index contributed by atoms with van der Waals surface area (Å²) in [5.41, 5.74) is -1.17. The highest BCUT2D eigenvalue weighted by molar-refractivity contribution is 5.92. The number of carbonyl (C=O) groups excluding carboxylic acids is 1. The maximum absolute atomic E-state index is 11.1. The zero-order valence-electron chi connectivity index (χ0n) is 12.6. The van der Waals surface area contributed by atoms with Crippen molar-refractivity contribution in [2.75, 3.05) is 0 Å². The standard InChI is InChI=1S/C17H18O5/c1-16(2,21-12-13-7-4-3-5-8-13)9-6-10-17(15(19)20)11-14(18)22-17/h3-5,7-8H,10-12H2,1-2H3,(H,19,20). The first-order chi connectivity index (χ1) is 10.3. The highest BCUT2D eigenvalue weighted by Crippen LogP contribution is 2.31. The molecule has 1 atom stereocenters. The van der Waals surface area contributed by atoms with E-state index in [0.717, 1.165) is 5.56 Å². The Hall–Kier alpha value is -2.32. The zero-order valence-corrected chi connectivity index (χ0v) is 12.6. The van der Waals surface area contributed by atoms with Crippen LogP contribution in [0.4, 0.5) is 0 Å². The van der Waals surface area contributed by atoms with Gasteiger partial charge in [-0.25, -0.2) is 4.79 Å². The number of hydrogen-bond acceptors (Lipinski definition) is 4. The second-order valence-corrected chi connectivity index (χ2v) is 5.71. The van der Waals surface area contributed by atoms with E-state index in [1.54, 1.807) is 0 Å². The fraction of sp³-hybridized carbons (Fsp3) is 0.412. The van der Waals surface area contributed by atoms with Gasteiger partial charge in [0.1, 0.15) is 5.60 Å². The summed E-state index contributed by atoms with van der Waals surface area (Å²) in [5, 5.41) is 9.11. The van der Waals surface area contributed by atoms with Crippen molar-refractivity contribution >= 4 is 11.9 Å². The van der Waals surface area contributed by atoms with Crippen LogP contribution in [0.25, 0.3) is 0 Å². The number of hydrogen-bond donors (Lipinski definition) is 1. The van der Waals surface area contributed by atoms with Crippen molar-refractivity contribution in [1.82, 2.24) is 0 Å². The van der Waals surface area contributed by atoms with Crippen molar-refractivity contribution in [1.29, 1.82) is 0 Å². The first-order valence-corrected chi connectivity index (χ1v) is 6.96. The second-order valence-electron chi connectivity index (χ2n) is 5.71. The number of rotatable bonds is 5. The van der Waals surface area contributed by atoms with Crippen LogP contribution in [0, 0.1) is 11.8 Å². The number of aliphatic carboxylic acids is 1. The van der Waals surface area contributed by atoms with Crippen LogP contribution in [-0.2, 0) is 25.7 Å². The van der Waals surface area contributed by atoms with E-state index in [1.807, 2.05) is 44.2 Å². The van der Waals surface area contributed by atoms with E-state index >= 15 is 0 Å². The molecule has 0 aliphatic carbocycles. The van der Waals surface area contributed by atoms with Gasteiger partial charge in [-0.3, -0.25) is 4.79 Å². The minimum Gasteiger partial charge on any atom is -0.478 e. The molecular weight excluding hydrogens is 284 g/mol. The fourth-order valence-electron chi connectivity index (χ4n) is 2.01. The molecule has 0 radical (unpaired) electrons. The first kappa shape index (κ1) is 16.1. The van der Waals surface area contributed by atoms with E-state index in [-0.39, 0.29) is 12.8 Å². The lowest BCUT2D eigenvalue weighted by molar-refractivity contribution is -0.203. The lowest BCUT2D eigenvalue weighted by atomic mass is 9.90. The topological polar surface area (TPSA) is 72.8 Å².